The van der Waals surface area contributed by atoms with Gasteiger partial charge in [0.2, 0.25) is 0 Å². The van der Waals surface area contributed by atoms with Gasteiger partial charge in [0.1, 0.15) is 18.3 Å². The van der Waals surface area contributed by atoms with Gasteiger partial charge in [0, 0.05) is 0 Å². The number of ether oxygens (including phenoxy) is 1. The first-order valence-corrected chi connectivity index (χ1v) is 4.61. The van der Waals surface area contributed by atoms with Crippen LogP contribution in [0.2, 0.25) is 0 Å². The number of hydrogen-bond acceptors (Lipinski definition) is 6. The van der Waals surface area contributed by atoms with Crippen molar-refractivity contribution in [2.75, 3.05) is 6.54 Å². The molecule has 1 heterocycles. The number of aliphatic hydroxyl groups excluding tert-OH is 3. The van der Waals surface area contributed by atoms with Crippen LogP contribution in [0.5, 0.6) is 0 Å². The van der Waals surface area contributed by atoms with E-state index in [-0.39, 0.29) is 13.0 Å². The number of nitrogens with two attached hydrogens (primary N) is 1. The van der Waals surface area contributed by atoms with Crippen LogP contribution in [0, 0.1) is 0 Å². The van der Waals surface area contributed by atoms with E-state index in [1.807, 2.05) is 0 Å². The van der Waals surface area contributed by atoms with Crippen LogP contribution in [0.1, 0.15) is 6.42 Å². The standard InChI is InChI=1S/C8H15NO6/c9-2-1-3-4(10)5(11)6(12)7(15-3)8(13)14/h3-7,10-12H,1-2,9H2,(H,13,14)/t3-,4-,5+,6-,7+/m0/s1. The molecule has 1 aliphatic rings. The largest absolute Gasteiger partial charge is 0.479 e. The second-order valence-electron chi connectivity index (χ2n) is 3.48. The fourth-order valence-corrected chi connectivity index (χ4v) is 1.56. The average Bonchev–Trinajstić information content (AvgIpc) is 2.18. The molecule has 0 unspecified atom stereocenters. The molecule has 1 aliphatic heterocycles. The molecule has 1 fully saturated rings. The Kier molecular flexibility index (Phi) is 4.00. The molecule has 0 aliphatic carbocycles. The van der Waals surface area contributed by atoms with Crippen molar-refractivity contribution in [3.63, 3.8) is 0 Å². The van der Waals surface area contributed by atoms with Crippen molar-refractivity contribution in [3.05, 3.63) is 0 Å². The SMILES string of the molecule is NCC[C@@H]1O[C@@H](C(=O)O)[C@@H](O)[C@H](O)[C@H]1O. The number of hydrogen-bond donors (Lipinski definition) is 5. The van der Waals surface area contributed by atoms with E-state index >= 15 is 0 Å². The van der Waals surface area contributed by atoms with Gasteiger partial charge in [-0.05, 0) is 13.0 Å². The number of rotatable bonds is 3. The van der Waals surface area contributed by atoms with Gasteiger partial charge in [0.25, 0.3) is 0 Å². The Morgan fingerprint density at radius 1 is 1.20 bits per heavy atom. The van der Waals surface area contributed by atoms with E-state index in [2.05, 4.69) is 0 Å². The van der Waals surface area contributed by atoms with Crippen LogP contribution in [0.4, 0.5) is 0 Å². The molecule has 0 saturated carbocycles. The summed E-state index contributed by atoms with van der Waals surface area (Å²) in [7, 11) is 0. The third-order valence-corrected chi connectivity index (χ3v) is 2.41. The Bertz CT molecular complexity index is 235. The summed E-state index contributed by atoms with van der Waals surface area (Å²) in [5.41, 5.74) is 5.24. The quantitative estimate of drug-likeness (QED) is 0.349. The molecule has 88 valence electrons. The first kappa shape index (κ1) is 12.3. The van der Waals surface area contributed by atoms with Crippen molar-refractivity contribution >= 4 is 5.97 Å². The molecule has 0 bridgehead atoms. The van der Waals surface area contributed by atoms with Gasteiger partial charge in [-0.1, -0.05) is 0 Å². The zero-order valence-corrected chi connectivity index (χ0v) is 7.98. The highest BCUT2D eigenvalue weighted by Gasteiger charge is 2.46. The molecule has 0 aromatic heterocycles. The Balaban J connectivity index is 2.75. The lowest BCUT2D eigenvalue weighted by atomic mass is 9.93. The van der Waals surface area contributed by atoms with Crippen LogP contribution in [-0.2, 0) is 9.53 Å². The average molecular weight is 221 g/mol. The molecule has 7 heteroatoms. The van der Waals surface area contributed by atoms with E-state index < -0.39 is 36.5 Å². The number of carboxylic acids is 1. The van der Waals surface area contributed by atoms with Crippen LogP contribution in [0.25, 0.3) is 0 Å². The number of aliphatic carboxylic acids is 1. The van der Waals surface area contributed by atoms with E-state index in [1.165, 1.54) is 0 Å². The maximum Gasteiger partial charge on any atom is 0.335 e. The predicted octanol–water partition coefficient (Wildman–Crippen LogP) is -2.73. The Morgan fingerprint density at radius 2 is 1.80 bits per heavy atom. The van der Waals surface area contributed by atoms with E-state index in [9.17, 15) is 20.1 Å². The van der Waals surface area contributed by atoms with E-state index in [0.29, 0.717) is 0 Å². The summed E-state index contributed by atoms with van der Waals surface area (Å²) in [5, 5.41) is 36.8. The summed E-state index contributed by atoms with van der Waals surface area (Å²) in [6.45, 7) is 0.191. The van der Waals surface area contributed by atoms with Crippen molar-refractivity contribution in [2.45, 2.75) is 36.9 Å². The second kappa shape index (κ2) is 4.86. The molecule has 0 aromatic carbocycles. The summed E-state index contributed by atoms with van der Waals surface area (Å²) in [4.78, 5) is 10.7. The number of carboxylic acid groups (broad SMARTS) is 1. The van der Waals surface area contributed by atoms with Crippen LogP contribution < -0.4 is 5.73 Å². The van der Waals surface area contributed by atoms with Crippen LogP contribution >= 0.6 is 0 Å². The second-order valence-corrected chi connectivity index (χ2v) is 3.48. The van der Waals surface area contributed by atoms with Gasteiger partial charge >= 0.3 is 5.97 Å². The minimum absolute atomic E-state index is 0.191. The smallest absolute Gasteiger partial charge is 0.335 e. The molecule has 6 N–H and O–H groups in total. The van der Waals surface area contributed by atoms with Crippen LogP contribution in [0.3, 0.4) is 0 Å². The fraction of sp³-hybridized carbons (Fsp3) is 0.875. The topological polar surface area (TPSA) is 133 Å². The van der Waals surface area contributed by atoms with Gasteiger partial charge in [0.15, 0.2) is 6.10 Å². The van der Waals surface area contributed by atoms with Crippen LogP contribution in [-0.4, -0.2) is 63.5 Å². The Hall–Kier alpha value is -0.730. The van der Waals surface area contributed by atoms with Crippen LogP contribution in [0.15, 0.2) is 0 Å². The van der Waals surface area contributed by atoms with Gasteiger partial charge in [-0.25, -0.2) is 4.79 Å². The fourth-order valence-electron chi connectivity index (χ4n) is 1.56. The summed E-state index contributed by atoms with van der Waals surface area (Å²) in [6, 6.07) is 0. The normalized spacial score (nSPS) is 41.5. The monoisotopic (exact) mass is 221 g/mol. The molecule has 15 heavy (non-hydrogen) atoms. The van der Waals surface area contributed by atoms with Gasteiger partial charge in [0.05, 0.1) is 6.10 Å². The lowest BCUT2D eigenvalue weighted by Crippen LogP contribution is -2.59. The Morgan fingerprint density at radius 3 is 2.27 bits per heavy atom. The summed E-state index contributed by atoms with van der Waals surface area (Å²) in [6.07, 6.45) is -6.66. The lowest BCUT2D eigenvalue weighted by Gasteiger charge is -2.38. The molecule has 1 rings (SSSR count). The molecule has 7 nitrogen and oxygen atoms in total. The first-order valence-electron chi connectivity index (χ1n) is 4.61. The van der Waals surface area contributed by atoms with Gasteiger partial charge in [-0.15, -0.1) is 0 Å². The molecular formula is C8H15NO6. The maximum atomic E-state index is 10.7. The Labute approximate surface area is 86.1 Å². The van der Waals surface area contributed by atoms with E-state index in [0.717, 1.165) is 0 Å². The third kappa shape index (κ3) is 2.44. The summed E-state index contributed by atoms with van der Waals surface area (Å²) < 4.78 is 4.94. The van der Waals surface area contributed by atoms with Crippen molar-refractivity contribution < 1.29 is 30.0 Å². The van der Waals surface area contributed by atoms with Crippen molar-refractivity contribution in [1.82, 2.24) is 0 Å². The highest BCUT2D eigenvalue weighted by Crippen LogP contribution is 2.22. The van der Waals surface area contributed by atoms with E-state index in [4.69, 9.17) is 15.6 Å². The summed E-state index contributed by atoms with van der Waals surface area (Å²) in [5.74, 6) is -1.38. The minimum atomic E-state index is -1.63. The maximum absolute atomic E-state index is 10.7. The van der Waals surface area contributed by atoms with Crippen molar-refractivity contribution in [3.8, 4) is 0 Å². The lowest BCUT2D eigenvalue weighted by molar-refractivity contribution is -0.228. The van der Waals surface area contributed by atoms with E-state index in [1.54, 1.807) is 0 Å². The molecule has 0 aromatic rings. The molecule has 0 radical (unpaired) electrons. The number of carbonyl (C=O) groups is 1. The van der Waals surface area contributed by atoms with Gasteiger partial charge < -0.3 is 30.9 Å². The molecular weight excluding hydrogens is 206 g/mol. The zero-order valence-electron chi connectivity index (χ0n) is 7.98. The molecule has 0 spiro atoms. The summed E-state index contributed by atoms with van der Waals surface area (Å²) >= 11 is 0. The van der Waals surface area contributed by atoms with Crippen molar-refractivity contribution in [2.24, 2.45) is 5.73 Å². The third-order valence-electron chi connectivity index (χ3n) is 2.41. The number of aliphatic hydroxyl groups is 3. The zero-order chi connectivity index (χ0) is 11.6. The minimum Gasteiger partial charge on any atom is -0.479 e. The highest BCUT2D eigenvalue weighted by molar-refractivity contribution is 5.73. The predicted molar refractivity (Wildman–Crippen MR) is 48.0 cm³/mol. The molecule has 0 amide bonds. The highest BCUT2D eigenvalue weighted by atomic mass is 16.6. The van der Waals surface area contributed by atoms with Gasteiger partial charge in [-0.2, -0.15) is 0 Å². The molecule has 1 saturated heterocycles. The first-order chi connectivity index (χ1) is 6.99. The van der Waals surface area contributed by atoms with Gasteiger partial charge in [-0.3, -0.25) is 0 Å². The van der Waals surface area contributed by atoms with Crippen molar-refractivity contribution in [1.29, 1.82) is 0 Å². The molecule has 5 atom stereocenters.